The smallest absolute Gasteiger partial charge is 0.415 e. The van der Waals surface area contributed by atoms with Gasteiger partial charge in [-0.25, -0.2) is 4.79 Å². The minimum atomic E-state index is -0.817. The summed E-state index contributed by atoms with van der Waals surface area (Å²) < 4.78 is 7.60. The minimum Gasteiger partial charge on any atom is -0.434 e. The fourth-order valence-electron chi connectivity index (χ4n) is 2.65. The predicted molar refractivity (Wildman–Crippen MR) is 88.2 cm³/mol. The molecular formula is C15H17N3O4S. The maximum absolute atomic E-state index is 12.1. The van der Waals surface area contributed by atoms with Gasteiger partial charge < -0.3 is 10.1 Å². The van der Waals surface area contributed by atoms with Crippen LogP contribution in [0.5, 0.6) is 0 Å². The molecule has 122 valence electrons. The van der Waals surface area contributed by atoms with Crippen LogP contribution in [0.1, 0.15) is 19.9 Å². The van der Waals surface area contributed by atoms with Crippen LogP contribution in [0.15, 0.2) is 23.0 Å². The number of cyclic esters (lactones) is 1. The number of likely N-dealkylation sites (N-methyl/N-ethyl adjacent to an activating group) is 1. The molecule has 23 heavy (non-hydrogen) atoms. The molecule has 1 fully saturated rings. The van der Waals surface area contributed by atoms with Gasteiger partial charge in [0, 0.05) is 18.8 Å². The first-order valence-electron chi connectivity index (χ1n) is 7.27. The van der Waals surface area contributed by atoms with Crippen molar-refractivity contribution in [2.24, 2.45) is 0 Å². The number of thiazole rings is 1. The van der Waals surface area contributed by atoms with E-state index in [9.17, 15) is 14.4 Å². The molecule has 8 heteroatoms. The summed E-state index contributed by atoms with van der Waals surface area (Å²) >= 11 is 1.14. The first kappa shape index (κ1) is 15.5. The van der Waals surface area contributed by atoms with Crippen LogP contribution >= 0.6 is 11.3 Å². The number of anilines is 1. The van der Waals surface area contributed by atoms with Gasteiger partial charge in [0.15, 0.2) is 6.10 Å². The number of ether oxygens (including phenoxy) is 1. The van der Waals surface area contributed by atoms with Crippen molar-refractivity contribution >= 4 is 39.2 Å². The molecule has 0 bridgehead atoms. The van der Waals surface area contributed by atoms with Crippen molar-refractivity contribution in [3.05, 3.63) is 27.9 Å². The Morgan fingerprint density at radius 2 is 2.13 bits per heavy atom. The van der Waals surface area contributed by atoms with E-state index in [4.69, 9.17) is 4.74 Å². The van der Waals surface area contributed by atoms with Crippen LogP contribution in [0, 0.1) is 0 Å². The van der Waals surface area contributed by atoms with Crippen LogP contribution in [0.3, 0.4) is 0 Å². The van der Waals surface area contributed by atoms with Crippen LogP contribution in [0.2, 0.25) is 0 Å². The lowest BCUT2D eigenvalue weighted by Crippen LogP contribution is -2.35. The molecule has 2 aromatic rings. The maximum atomic E-state index is 12.1. The third kappa shape index (κ3) is 2.59. The molecule has 1 N–H and O–H groups in total. The SMILES string of the molecule is CNC(=O)C1CN(c2ccc3c(c2)sc(=O)n3C(C)C)C(=O)O1. The lowest BCUT2D eigenvalue weighted by Gasteiger charge is -2.13. The molecule has 1 saturated heterocycles. The number of nitrogens with zero attached hydrogens (tertiary/aromatic N) is 2. The van der Waals surface area contributed by atoms with Gasteiger partial charge in [0.05, 0.1) is 16.8 Å². The Labute approximate surface area is 136 Å². The van der Waals surface area contributed by atoms with Gasteiger partial charge in [0.2, 0.25) is 0 Å². The monoisotopic (exact) mass is 335 g/mol. The van der Waals surface area contributed by atoms with Gasteiger partial charge >= 0.3 is 11.0 Å². The summed E-state index contributed by atoms with van der Waals surface area (Å²) in [5, 5.41) is 2.47. The number of hydrogen-bond acceptors (Lipinski definition) is 5. The van der Waals surface area contributed by atoms with Crippen LogP contribution in [0.4, 0.5) is 10.5 Å². The van der Waals surface area contributed by atoms with E-state index in [2.05, 4.69) is 5.32 Å². The average Bonchev–Trinajstić information content (AvgIpc) is 3.04. The lowest BCUT2D eigenvalue weighted by atomic mass is 10.2. The normalized spacial score (nSPS) is 17.8. The van der Waals surface area contributed by atoms with E-state index in [0.717, 1.165) is 21.6 Å². The molecule has 0 aliphatic carbocycles. The van der Waals surface area contributed by atoms with Crippen molar-refractivity contribution in [1.82, 2.24) is 9.88 Å². The Morgan fingerprint density at radius 3 is 2.78 bits per heavy atom. The van der Waals surface area contributed by atoms with Gasteiger partial charge in [-0.3, -0.25) is 19.1 Å². The maximum Gasteiger partial charge on any atom is 0.415 e. The van der Waals surface area contributed by atoms with Gasteiger partial charge in [0.25, 0.3) is 5.91 Å². The highest BCUT2D eigenvalue weighted by Gasteiger charge is 2.36. The van der Waals surface area contributed by atoms with Crippen LogP contribution < -0.4 is 15.1 Å². The number of hydrogen-bond donors (Lipinski definition) is 1. The number of benzene rings is 1. The number of rotatable bonds is 3. The highest BCUT2D eigenvalue weighted by molar-refractivity contribution is 7.16. The van der Waals surface area contributed by atoms with Crippen molar-refractivity contribution < 1.29 is 14.3 Å². The summed E-state index contributed by atoms with van der Waals surface area (Å²) in [6.45, 7) is 4.06. The largest absolute Gasteiger partial charge is 0.434 e. The van der Waals surface area contributed by atoms with Crippen molar-refractivity contribution in [3.63, 3.8) is 0 Å². The summed E-state index contributed by atoms with van der Waals surface area (Å²) in [5.41, 5.74) is 1.46. The number of aromatic nitrogens is 1. The van der Waals surface area contributed by atoms with Crippen molar-refractivity contribution in [3.8, 4) is 0 Å². The second kappa shape index (κ2) is 5.69. The Kier molecular flexibility index (Phi) is 3.85. The molecule has 1 unspecified atom stereocenters. The number of amides is 2. The van der Waals surface area contributed by atoms with Crippen molar-refractivity contribution in [1.29, 1.82) is 0 Å². The van der Waals surface area contributed by atoms with E-state index in [0.29, 0.717) is 5.69 Å². The Balaban J connectivity index is 1.97. The Bertz CT molecular complexity index is 839. The molecule has 1 aliphatic rings. The average molecular weight is 335 g/mol. The van der Waals surface area contributed by atoms with Crippen LogP contribution in [-0.4, -0.2) is 36.3 Å². The molecular weight excluding hydrogens is 318 g/mol. The third-order valence-electron chi connectivity index (χ3n) is 3.78. The highest BCUT2D eigenvalue weighted by Crippen LogP contribution is 2.28. The zero-order valence-electron chi connectivity index (χ0n) is 13.0. The van der Waals surface area contributed by atoms with Crippen LogP contribution in [-0.2, 0) is 9.53 Å². The molecule has 2 amide bonds. The van der Waals surface area contributed by atoms with Gasteiger partial charge in [-0.05, 0) is 32.0 Å². The van der Waals surface area contributed by atoms with E-state index in [1.807, 2.05) is 19.9 Å². The molecule has 0 radical (unpaired) electrons. The van der Waals surface area contributed by atoms with Gasteiger partial charge in [-0.2, -0.15) is 0 Å². The van der Waals surface area contributed by atoms with Crippen molar-refractivity contribution in [2.45, 2.75) is 26.0 Å². The van der Waals surface area contributed by atoms with Gasteiger partial charge in [-0.1, -0.05) is 11.3 Å². The fraction of sp³-hybridized carbons (Fsp3) is 0.400. The standard InChI is InChI=1S/C15H17N3O4S/c1-8(2)18-10-5-4-9(6-12(10)23-15(18)21)17-7-11(13(19)16-3)22-14(17)20/h4-6,8,11H,7H2,1-3H3,(H,16,19). The summed E-state index contributed by atoms with van der Waals surface area (Å²) in [7, 11) is 1.50. The molecule has 1 aromatic carbocycles. The number of nitrogens with one attached hydrogen (secondary N) is 1. The Hall–Kier alpha value is -2.35. The highest BCUT2D eigenvalue weighted by atomic mass is 32.1. The van der Waals surface area contributed by atoms with E-state index in [-0.39, 0.29) is 23.4 Å². The van der Waals surface area contributed by atoms with E-state index < -0.39 is 12.2 Å². The molecule has 1 atom stereocenters. The molecule has 0 saturated carbocycles. The fourth-order valence-corrected chi connectivity index (χ4v) is 3.70. The molecule has 1 aromatic heterocycles. The molecule has 1 aliphatic heterocycles. The molecule has 2 heterocycles. The summed E-state index contributed by atoms with van der Waals surface area (Å²) in [5.74, 6) is -0.336. The zero-order chi connectivity index (χ0) is 16.7. The van der Waals surface area contributed by atoms with Gasteiger partial charge in [-0.15, -0.1) is 0 Å². The Morgan fingerprint density at radius 1 is 1.39 bits per heavy atom. The summed E-state index contributed by atoms with van der Waals surface area (Å²) in [6.07, 6.45) is -1.38. The topological polar surface area (TPSA) is 80.6 Å². The van der Waals surface area contributed by atoms with Crippen LogP contribution in [0.25, 0.3) is 10.2 Å². The summed E-state index contributed by atoms with van der Waals surface area (Å²) in [4.78, 5) is 37.1. The molecule has 3 rings (SSSR count). The molecule has 7 nitrogen and oxygen atoms in total. The second-order valence-electron chi connectivity index (χ2n) is 5.58. The predicted octanol–water partition coefficient (Wildman–Crippen LogP) is 1.72. The zero-order valence-corrected chi connectivity index (χ0v) is 13.8. The number of fused-ring (bicyclic) bond motifs is 1. The lowest BCUT2D eigenvalue weighted by molar-refractivity contribution is -0.127. The first-order chi connectivity index (χ1) is 10.9. The summed E-state index contributed by atoms with van der Waals surface area (Å²) in [6, 6.07) is 5.44. The van der Waals surface area contributed by atoms with Crippen molar-refractivity contribution in [2.75, 3.05) is 18.5 Å². The minimum absolute atomic E-state index is 0.0283. The molecule has 0 spiro atoms. The number of carbonyl (C=O) groups is 2. The van der Waals surface area contributed by atoms with E-state index >= 15 is 0 Å². The first-order valence-corrected chi connectivity index (χ1v) is 8.09. The van der Waals surface area contributed by atoms with E-state index in [1.165, 1.54) is 11.9 Å². The number of carbonyl (C=O) groups excluding carboxylic acids is 2. The van der Waals surface area contributed by atoms with Gasteiger partial charge in [0.1, 0.15) is 0 Å². The quantitative estimate of drug-likeness (QED) is 0.926. The third-order valence-corrected chi connectivity index (χ3v) is 4.69. The second-order valence-corrected chi connectivity index (χ2v) is 6.57. The van der Waals surface area contributed by atoms with E-state index in [1.54, 1.807) is 16.7 Å².